The highest BCUT2D eigenvalue weighted by Gasteiger charge is 2.22. The zero-order valence-electron chi connectivity index (χ0n) is 20.8. The molecule has 0 saturated carbocycles. The molecular weight excluding hydrogens is 475 g/mol. The molecule has 0 spiro atoms. The molecule has 2 N–H and O–H groups in total. The van der Waals surface area contributed by atoms with Crippen LogP contribution in [0.25, 0.3) is 17.3 Å². The number of hydrogen-bond acceptors (Lipinski definition) is 7. The second-order valence-electron chi connectivity index (χ2n) is 8.87. The number of carbonyl (C=O) groups excluding carboxylic acids is 1. The van der Waals surface area contributed by atoms with E-state index in [0.717, 1.165) is 10.6 Å². The SMILES string of the molecule is CC(C)c1nc(N(C)S(C)(=O)=O)nc(-c2ccc(F)cc2)c1/C=C/[C@@H](O)C[C@@H](O)CC(=O)N(C)C. The quantitative estimate of drug-likeness (QED) is 0.505. The first-order valence-electron chi connectivity index (χ1n) is 11.1. The third kappa shape index (κ3) is 7.81. The second-order valence-corrected chi connectivity index (χ2v) is 10.9. The fraction of sp³-hybridized carbons (Fsp3) is 0.458. The minimum absolute atomic E-state index is 0.0363. The summed E-state index contributed by atoms with van der Waals surface area (Å²) in [6.45, 7) is 3.76. The Bertz CT molecular complexity index is 1170. The number of carbonyl (C=O) groups is 1. The van der Waals surface area contributed by atoms with Crippen molar-refractivity contribution in [2.45, 2.75) is 44.8 Å². The number of aromatic nitrogens is 2. The first-order valence-corrected chi connectivity index (χ1v) is 12.9. The van der Waals surface area contributed by atoms with Gasteiger partial charge in [-0.25, -0.2) is 27.1 Å². The van der Waals surface area contributed by atoms with Crippen LogP contribution in [0.2, 0.25) is 0 Å². The molecule has 2 rings (SSSR count). The van der Waals surface area contributed by atoms with Gasteiger partial charge in [0.15, 0.2) is 0 Å². The van der Waals surface area contributed by atoms with Crippen molar-refractivity contribution in [1.82, 2.24) is 14.9 Å². The summed E-state index contributed by atoms with van der Waals surface area (Å²) in [6.07, 6.45) is 1.82. The van der Waals surface area contributed by atoms with E-state index in [2.05, 4.69) is 9.97 Å². The maximum absolute atomic E-state index is 13.6. The number of anilines is 1. The van der Waals surface area contributed by atoms with Gasteiger partial charge in [0.05, 0.1) is 36.3 Å². The van der Waals surface area contributed by atoms with Gasteiger partial charge in [0, 0.05) is 38.7 Å². The van der Waals surface area contributed by atoms with Crippen LogP contribution in [0, 0.1) is 5.82 Å². The highest BCUT2D eigenvalue weighted by Crippen LogP contribution is 2.31. The molecule has 0 bridgehead atoms. The largest absolute Gasteiger partial charge is 0.392 e. The molecule has 1 aromatic heterocycles. The lowest BCUT2D eigenvalue weighted by Gasteiger charge is -2.20. The van der Waals surface area contributed by atoms with E-state index in [9.17, 15) is 27.8 Å². The highest BCUT2D eigenvalue weighted by molar-refractivity contribution is 7.92. The summed E-state index contributed by atoms with van der Waals surface area (Å²) in [7, 11) is 0.873. The molecule has 1 amide bonds. The second kappa shape index (κ2) is 11.7. The fourth-order valence-corrected chi connectivity index (χ4v) is 3.61. The van der Waals surface area contributed by atoms with Gasteiger partial charge in [-0.05, 0) is 30.2 Å². The zero-order chi connectivity index (χ0) is 26.5. The monoisotopic (exact) mass is 508 g/mol. The summed E-state index contributed by atoms with van der Waals surface area (Å²) < 4.78 is 38.8. The molecule has 0 aliphatic rings. The van der Waals surface area contributed by atoms with Gasteiger partial charge in [-0.3, -0.25) is 4.79 Å². The van der Waals surface area contributed by atoms with Gasteiger partial charge in [0.1, 0.15) is 5.82 Å². The predicted molar refractivity (Wildman–Crippen MR) is 134 cm³/mol. The number of hydrogen-bond donors (Lipinski definition) is 2. The van der Waals surface area contributed by atoms with E-state index in [1.165, 1.54) is 42.3 Å². The molecule has 0 unspecified atom stereocenters. The first kappa shape index (κ1) is 28.3. The van der Waals surface area contributed by atoms with Crippen LogP contribution in [0.4, 0.5) is 10.3 Å². The first-order chi connectivity index (χ1) is 16.2. The van der Waals surface area contributed by atoms with Gasteiger partial charge >= 0.3 is 0 Å². The lowest BCUT2D eigenvalue weighted by atomic mass is 9.97. The summed E-state index contributed by atoms with van der Waals surface area (Å²) in [6, 6.07) is 5.59. The van der Waals surface area contributed by atoms with Crippen molar-refractivity contribution in [2.24, 2.45) is 0 Å². The normalized spacial score (nSPS) is 13.8. The molecular formula is C24H33FN4O5S. The summed E-state index contributed by atoms with van der Waals surface area (Å²) in [4.78, 5) is 22.1. The number of halogens is 1. The van der Waals surface area contributed by atoms with E-state index in [4.69, 9.17) is 0 Å². The van der Waals surface area contributed by atoms with Crippen LogP contribution < -0.4 is 4.31 Å². The molecule has 9 nitrogen and oxygen atoms in total. The van der Waals surface area contributed by atoms with Crippen LogP contribution in [0.15, 0.2) is 30.3 Å². The minimum Gasteiger partial charge on any atom is -0.392 e. The molecule has 0 fully saturated rings. The Hall–Kier alpha value is -2.89. The van der Waals surface area contributed by atoms with E-state index < -0.39 is 28.0 Å². The minimum atomic E-state index is -3.64. The summed E-state index contributed by atoms with van der Waals surface area (Å²) >= 11 is 0. The Balaban J connectivity index is 2.53. The fourth-order valence-electron chi connectivity index (χ4n) is 3.23. The van der Waals surface area contributed by atoms with Crippen LogP contribution >= 0.6 is 0 Å². The van der Waals surface area contributed by atoms with Crippen molar-refractivity contribution >= 4 is 28.0 Å². The van der Waals surface area contributed by atoms with Crippen molar-refractivity contribution in [3.8, 4) is 11.3 Å². The van der Waals surface area contributed by atoms with Gasteiger partial charge in [-0.15, -0.1) is 0 Å². The lowest BCUT2D eigenvalue weighted by Crippen LogP contribution is -2.28. The third-order valence-corrected chi connectivity index (χ3v) is 6.47. The summed E-state index contributed by atoms with van der Waals surface area (Å²) in [5.74, 6) is -0.877. The molecule has 1 heterocycles. The van der Waals surface area contributed by atoms with E-state index >= 15 is 0 Å². The number of amides is 1. The van der Waals surface area contributed by atoms with Crippen molar-refractivity contribution in [3.05, 3.63) is 47.4 Å². The van der Waals surface area contributed by atoms with Crippen LogP contribution in [-0.4, -0.2) is 79.0 Å². The zero-order valence-corrected chi connectivity index (χ0v) is 21.6. The molecule has 1 aromatic carbocycles. The van der Waals surface area contributed by atoms with Crippen LogP contribution in [-0.2, 0) is 14.8 Å². The van der Waals surface area contributed by atoms with E-state index in [-0.39, 0.29) is 30.6 Å². The lowest BCUT2D eigenvalue weighted by molar-refractivity contribution is -0.130. The molecule has 11 heteroatoms. The number of aliphatic hydroxyl groups excluding tert-OH is 2. The average molecular weight is 509 g/mol. The van der Waals surface area contributed by atoms with Crippen molar-refractivity contribution in [3.63, 3.8) is 0 Å². The number of rotatable bonds is 10. The Morgan fingerprint density at radius 1 is 1.11 bits per heavy atom. The number of sulfonamides is 1. The maximum Gasteiger partial charge on any atom is 0.239 e. The van der Waals surface area contributed by atoms with Crippen LogP contribution in [0.5, 0.6) is 0 Å². The molecule has 192 valence electrons. The summed E-state index contributed by atoms with van der Waals surface area (Å²) in [5, 5.41) is 20.6. The topological polar surface area (TPSA) is 124 Å². The smallest absolute Gasteiger partial charge is 0.239 e. The van der Waals surface area contributed by atoms with Gasteiger partial charge in [0.2, 0.25) is 21.9 Å². The highest BCUT2D eigenvalue weighted by atomic mass is 32.2. The van der Waals surface area contributed by atoms with Gasteiger partial charge in [0.25, 0.3) is 0 Å². The average Bonchev–Trinajstić information content (AvgIpc) is 2.76. The van der Waals surface area contributed by atoms with Crippen molar-refractivity contribution in [2.75, 3.05) is 31.7 Å². The molecule has 0 aliphatic carbocycles. The molecule has 35 heavy (non-hydrogen) atoms. The van der Waals surface area contributed by atoms with Gasteiger partial charge in [-0.1, -0.05) is 26.0 Å². The Labute approximate surface area is 206 Å². The van der Waals surface area contributed by atoms with E-state index in [1.807, 2.05) is 13.8 Å². The van der Waals surface area contributed by atoms with E-state index in [0.29, 0.717) is 22.5 Å². The van der Waals surface area contributed by atoms with E-state index in [1.54, 1.807) is 20.2 Å². The predicted octanol–water partition coefficient (Wildman–Crippen LogP) is 2.41. The molecule has 2 atom stereocenters. The maximum atomic E-state index is 13.6. The van der Waals surface area contributed by atoms with Gasteiger partial charge < -0.3 is 15.1 Å². The Morgan fingerprint density at radius 2 is 1.71 bits per heavy atom. The summed E-state index contributed by atoms with van der Waals surface area (Å²) in [5.41, 5.74) is 1.94. The van der Waals surface area contributed by atoms with Crippen molar-refractivity contribution < 1.29 is 27.8 Å². The van der Waals surface area contributed by atoms with Crippen LogP contribution in [0.3, 0.4) is 0 Å². The third-order valence-electron chi connectivity index (χ3n) is 5.31. The van der Waals surface area contributed by atoms with Gasteiger partial charge in [-0.2, -0.15) is 0 Å². The Kier molecular flexibility index (Phi) is 9.47. The van der Waals surface area contributed by atoms with Crippen molar-refractivity contribution in [1.29, 1.82) is 0 Å². The molecule has 2 aromatic rings. The molecule has 0 aliphatic heterocycles. The number of aliphatic hydroxyl groups is 2. The number of benzene rings is 1. The molecule has 0 saturated heterocycles. The Morgan fingerprint density at radius 3 is 2.23 bits per heavy atom. The number of nitrogens with zero attached hydrogens (tertiary/aromatic N) is 4. The van der Waals surface area contributed by atoms with Crippen LogP contribution in [0.1, 0.15) is 43.9 Å². The molecule has 0 radical (unpaired) electrons. The standard InChI is InChI=1S/C24H33FN4O5S/c1-15(2)22-20(12-11-18(30)13-19(31)14-21(32)28(3)4)23(16-7-9-17(25)10-8-16)27-24(26-22)29(5)35(6,33)34/h7-12,15,18-19,30-31H,13-14H2,1-6H3/b12-11+/t18-,19-/m1/s1.